The van der Waals surface area contributed by atoms with Crippen LogP contribution in [0, 0.1) is 11.3 Å². The third kappa shape index (κ3) is 2.88. The Morgan fingerprint density at radius 3 is 2.64 bits per heavy atom. The van der Waals surface area contributed by atoms with Gasteiger partial charge in [-0.15, -0.1) is 0 Å². The summed E-state index contributed by atoms with van der Waals surface area (Å²) in [6.45, 7) is 0. The molecule has 1 unspecified atom stereocenters. The maximum absolute atomic E-state index is 8.41. The lowest BCUT2D eigenvalue weighted by Crippen LogP contribution is -2.09. The van der Waals surface area contributed by atoms with Gasteiger partial charge in [-0.05, 0) is 24.1 Å². The number of nitriles is 1. The van der Waals surface area contributed by atoms with Crippen LogP contribution in [0.15, 0.2) is 18.2 Å². The Bertz CT molecular complexity index is 358. The first kappa shape index (κ1) is 11.3. The van der Waals surface area contributed by atoms with Crippen molar-refractivity contribution in [1.82, 2.24) is 0 Å². The molecule has 4 heteroatoms. The van der Waals surface area contributed by atoms with E-state index in [0.717, 1.165) is 5.56 Å². The summed E-state index contributed by atoms with van der Waals surface area (Å²) in [5.74, 6) is 0. The predicted octanol–water partition coefficient (Wildman–Crippen LogP) is 3.30. The van der Waals surface area contributed by atoms with E-state index in [1.165, 1.54) is 0 Å². The van der Waals surface area contributed by atoms with Gasteiger partial charge in [0, 0.05) is 12.5 Å². The number of nitrogens with zero attached hydrogens (tertiary/aromatic N) is 1. The van der Waals surface area contributed by atoms with E-state index in [0.29, 0.717) is 22.9 Å². The van der Waals surface area contributed by atoms with Crippen molar-refractivity contribution in [2.24, 2.45) is 5.73 Å². The Hall–Kier alpha value is -0.750. The average molecular weight is 229 g/mol. The molecule has 0 saturated carbocycles. The van der Waals surface area contributed by atoms with Crippen molar-refractivity contribution < 1.29 is 0 Å². The number of benzene rings is 1. The van der Waals surface area contributed by atoms with Crippen LogP contribution in [0.5, 0.6) is 0 Å². The lowest BCUT2D eigenvalue weighted by Gasteiger charge is -2.10. The Balaban J connectivity index is 2.76. The van der Waals surface area contributed by atoms with Crippen molar-refractivity contribution in [1.29, 1.82) is 5.26 Å². The molecule has 0 aliphatic carbocycles. The van der Waals surface area contributed by atoms with E-state index in [2.05, 4.69) is 6.07 Å². The zero-order valence-electron chi connectivity index (χ0n) is 7.50. The highest BCUT2D eigenvalue weighted by atomic mass is 35.5. The van der Waals surface area contributed by atoms with Gasteiger partial charge in [0.25, 0.3) is 0 Å². The van der Waals surface area contributed by atoms with E-state index in [4.69, 9.17) is 34.2 Å². The summed E-state index contributed by atoms with van der Waals surface area (Å²) >= 11 is 11.6. The van der Waals surface area contributed by atoms with Crippen LogP contribution >= 0.6 is 23.2 Å². The minimum atomic E-state index is -0.149. The van der Waals surface area contributed by atoms with Gasteiger partial charge < -0.3 is 5.73 Å². The molecule has 0 aromatic heterocycles. The molecule has 0 saturated heterocycles. The van der Waals surface area contributed by atoms with Crippen molar-refractivity contribution in [3.05, 3.63) is 33.8 Å². The first-order valence-electron chi connectivity index (χ1n) is 4.22. The van der Waals surface area contributed by atoms with Gasteiger partial charge in [0.05, 0.1) is 16.1 Å². The molecule has 0 spiro atoms. The molecule has 14 heavy (non-hydrogen) atoms. The Kier molecular flexibility index (Phi) is 4.21. The molecule has 0 heterocycles. The van der Waals surface area contributed by atoms with Gasteiger partial charge in [0.1, 0.15) is 0 Å². The molecule has 2 nitrogen and oxygen atoms in total. The van der Waals surface area contributed by atoms with Gasteiger partial charge in [-0.3, -0.25) is 0 Å². The number of nitrogens with two attached hydrogens (primary N) is 1. The second kappa shape index (κ2) is 5.21. The second-order valence-electron chi connectivity index (χ2n) is 2.98. The quantitative estimate of drug-likeness (QED) is 0.864. The summed E-state index contributed by atoms with van der Waals surface area (Å²) in [6.07, 6.45) is 1.08. The van der Waals surface area contributed by atoms with Gasteiger partial charge in [-0.1, -0.05) is 29.3 Å². The van der Waals surface area contributed by atoms with Crippen molar-refractivity contribution in [2.75, 3.05) is 0 Å². The van der Waals surface area contributed by atoms with E-state index in [1.807, 2.05) is 6.07 Å². The minimum Gasteiger partial charge on any atom is -0.324 e. The van der Waals surface area contributed by atoms with Crippen LogP contribution in [-0.2, 0) is 0 Å². The third-order valence-electron chi connectivity index (χ3n) is 1.94. The number of hydrogen-bond donors (Lipinski definition) is 1. The smallest absolute Gasteiger partial charge is 0.0622 e. The Labute approximate surface area is 93.2 Å². The monoisotopic (exact) mass is 228 g/mol. The van der Waals surface area contributed by atoms with Crippen LogP contribution < -0.4 is 5.73 Å². The summed E-state index contributed by atoms with van der Waals surface area (Å²) < 4.78 is 0. The third-order valence-corrected chi connectivity index (χ3v) is 2.68. The summed E-state index contributed by atoms with van der Waals surface area (Å²) in [5, 5.41) is 9.42. The number of rotatable bonds is 3. The predicted molar refractivity (Wildman–Crippen MR) is 58.2 cm³/mol. The first-order chi connectivity index (χ1) is 6.65. The summed E-state index contributed by atoms with van der Waals surface area (Å²) in [4.78, 5) is 0. The summed E-state index contributed by atoms with van der Waals surface area (Å²) in [6, 6.07) is 7.19. The van der Waals surface area contributed by atoms with Crippen molar-refractivity contribution >= 4 is 23.2 Å². The fourth-order valence-electron chi connectivity index (χ4n) is 1.13. The van der Waals surface area contributed by atoms with Crippen molar-refractivity contribution in [3.8, 4) is 6.07 Å². The van der Waals surface area contributed by atoms with Crippen molar-refractivity contribution in [3.63, 3.8) is 0 Å². The van der Waals surface area contributed by atoms with Gasteiger partial charge in [0.2, 0.25) is 0 Å². The molecule has 1 rings (SSSR count). The molecular formula is C10H10Cl2N2. The highest BCUT2D eigenvalue weighted by Gasteiger charge is 2.07. The molecule has 0 fully saturated rings. The lowest BCUT2D eigenvalue weighted by atomic mass is 10.0. The fraction of sp³-hybridized carbons (Fsp3) is 0.300. The average Bonchev–Trinajstić information content (AvgIpc) is 2.18. The second-order valence-corrected chi connectivity index (χ2v) is 3.79. The molecule has 0 aliphatic rings. The van der Waals surface area contributed by atoms with E-state index >= 15 is 0 Å². The SMILES string of the molecule is N#CCCC(N)c1ccc(Cl)c(Cl)c1. The molecule has 1 atom stereocenters. The maximum atomic E-state index is 8.41. The highest BCUT2D eigenvalue weighted by Crippen LogP contribution is 2.26. The molecule has 1 aromatic rings. The van der Waals surface area contributed by atoms with Gasteiger partial charge in [-0.2, -0.15) is 5.26 Å². The normalized spacial score (nSPS) is 12.1. The molecule has 0 amide bonds. The van der Waals surface area contributed by atoms with Gasteiger partial charge in [0.15, 0.2) is 0 Å². The minimum absolute atomic E-state index is 0.149. The van der Waals surface area contributed by atoms with Crippen molar-refractivity contribution in [2.45, 2.75) is 18.9 Å². The van der Waals surface area contributed by atoms with E-state index in [-0.39, 0.29) is 6.04 Å². The Morgan fingerprint density at radius 1 is 1.36 bits per heavy atom. The first-order valence-corrected chi connectivity index (χ1v) is 4.98. The van der Waals surface area contributed by atoms with E-state index in [1.54, 1.807) is 12.1 Å². The topological polar surface area (TPSA) is 49.8 Å². The number of halogens is 2. The summed E-state index contributed by atoms with van der Waals surface area (Å²) in [7, 11) is 0. The molecule has 74 valence electrons. The fourth-order valence-corrected chi connectivity index (χ4v) is 1.44. The van der Waals surface area contributed by atoms with E-state index in [9.17, 15) is 0 Å². The standard InChI is InChI=1S/C10H10Cl2N2/c11-8-4-3-7(6-9(8)12)10(14)2-1-5-13/h3-4,6,10H,1-2,14H2. The zero-order valence-corrected chi connectivity index (χ0v) is 9.02. The van der Waals surface area contributed by atoms with Crippen LogP contribution in [-0.4, -0.2) is 0 Å². The molecule has 0 aliphatic heterocycles. The highest BCUT2D eigenvalue weighted by molar-refractivity contribution is 6.42. The molecule has 2 N–H and O–H groups in total. The number of hydrogen-bond acceptors (Lipinski definition) is 2. The zero-order chi connectivity index (χ0) is 10.6. The van der Waals surface area contributed by atoms with E-state index < -0.39 is 0 Å². The van der Waals surface area contributed by atoms with Crippen LogP contribution in [0.3, 0.4) is 0 Å². The van der Waals surface area contributed by atoms with Crippen LogP contribution in [0.25, 0.3) is 0 Å². The molecular weight excluding hydrogens is 219 g/mol. The molecule has 0 bridgehead atoms. The largest absolute Gasteiger partial charge is 0.324 e. The Morgan fingerprint density at radius 2 is 2.07 bits per heavy atom. The maximum Gasteiger partial charge on any atom is 0.0622 e. The molecule has 0 radical (unpaired) electrons. The van der Waals surface area contributed by atoms with Crippen LogP contribution in [0.1, 0.15) is 24.4 Å². The lowest BCUT2D eigenvalue weighted by molar-refractivity contribution is 0.665. The molecule has 1 aromatic carbocycles. The van der Waals surface area contributed by atoms with Crippen LogP contribution in [0.4, 0.5) is 0 Å². The van der Waals surface area contributed by atoms with Gasteiger partial charge >= 0.3 is 0 Å². The van der Waals surface area contributed by atoms with Crippen LogP contribution in [0.2, 0.25) is 10.0 Å². The summed E-state index contributed by atoms with van der Waals surface area (Å²) in [5.41, 5.74) is 6.76. The van der Waals surface area contributed by atoms with Gasteiger partial charge in [-0.25, -0.2) is 0 Å².